The van der Waals surface area contributed by atoms with Crippen LogP contribution in [0.4, 0.5) is 5.69 Å². The number of nitrogens with one attached hydrogen (secondary N) is 1. The molecule has 1 fully saturated rings. The second kappa shape index (κ2) is 8.87. The average Bonchev–Trinajstić information content (AvgIpc) is 3.59. The zero-order valence-electron chi connectivity index (χ0n) is 20.3. The number of nitrogens with zero attached hydrogens (tertiary/aromatic N) is 3. The lowest BCUT2D eigenvalue weighted by molar-refractivity contribution is 0.174. The van der Waals surface area contributed by atoms with Gasteiger partial charge in [0.25, 0.3) is 0 Å². The summed E-state index contributed by atoms with van der Waals surface area (Å²) < 4.78 is 18.9. The summed E-state index contributed by atoms with van der Waals surface area (Å²) in [7, 11) is 1.67. The van der Waals surface area contributed by atoms with Gasteiger partial charge in [-0.1, -0.05) is 12.1 Å². The van der Waals surface area contributed by atoms with E-state index in [0.717, 1.165) is 51.3 Å². The van der Waals surface area contributed by atoms with E-state index >= 15 is 0 Å². The number of pyridine rings is 1. The first kappa shape index (κ1) is 22.4. The van der Waals surface area contributed by atoms with Crippen LogP contribution in [0.1, 0.15) is 34.7 Å². The van der Waals surface area contributed by atoms with Crippen molar-refractivity contribution in [2.24, 2.45) is 0 Å². The second-order valence-electron chi connectivity index (χ2n) is 8.90. The molecule has 0 spiro atoms. The molecule has 0 aliphatic carbocycles. The lowest BCUT2D eigenvalue weighted by atomic mass is 9.96. The van der Waals surface area contributed by atoms with E-state index in [2.05, 4.69) is 51.8 Å². The van der Waals surface area contributed by atoms with E-state index < -0.39 is 0 Å². The highest BCUT2D eigenvalue weighted by Crippen LogP contribution is 2.44. The highest BCUT2D eigenvalue weighted by atomic mass is 32.1. The van der Waals surface area contributed by atoms with Crippen molar-refractivity contribution >= 4 is 23.0 Å². The molecule has 2 aliphatic heterocycles. The second-order valence-corrected chi connectivity index (χ2v) is 9.28. The third kappa shape index (κ3) is 3.65. The SMILES string of the molecule is COc1cccc(N2C(=S)N[C@@H](c3ccccn3)[C@@H]2c2cc(C)n(-c3ccc4c(c3)OCO4)c2C)c1. The van der Waals surface area contributed by atoms with Gasteiger partial charge in [-0.2, -0.15) is 0 Å². The zero-order chi connectivity index (χ0) is 24.8. The maximum Gasteiger partial charge on any atom is 0.231 e. The normalized spacial score (nSPS) is 18.4. The summed E-state index contributed by atoms with van der Waals surface area (Å²) in [5, 5.41) is 4.19. The van der Waals surface area contributed by atoms with Gasteiger partial charge < -0.3 is 29.0 Å². The molecule has 2 aromatic carbocycles. The molecule has 6 rings (SSSR count). The van der Waals surface area contributed by atoms with Crippen molar-refractivity contribution < 1.29 is 14.2 Å². The Morgan fingerprint density at radius 1 is 0.972 bits per heavy atom. The lowest BCUT2D eigenvalue weighted by Gasteiger charge is -2.28. The van der Waals surface area contributed by atoms with Crippen LogP contribution in [0.5, 0.6) is 17.2 Å². The fourth-order valence-corrected chi connectivity index (χ4v) is 5.56. The predicted octanol–water partition coefficient (Wildman–Crippen LogP) is 5.40. The van der Waals surface area contributed by atoms with E-state index in [1.54, 1.807) is 7.11 Å². The molecule has 2 aromatic heterocycles. The minimum Gasteiger partial charge on any atom is -0.497 e. The van der Waals surface area contributed by atoms with Gasteiger partial charge in [0.2, 0.25) is 6.79 Å². The number of hydrogen-bond acceptors (Lipinski definition) is 5. The summed E-state index contributed by atoms with van der Waals surface area (Å²) in [5.41, 5.74) is 6.32. The Kier molecular flexibility index (Phi) is 5.53. The summed E-state index contributed by atoms with van der Waals surface area (Å²) in [5.74, 6) is 2.31. The van der Waals surface area contributed by atoms with Crippen molar-refractivity contribution in [2.45, 2.75) is 25.9 Å². The van der Waals surface area contributed by atoms with Gasteiger partial charge in [0.1, 0.15) is 5.75 Å². The van der Waals surface area contributed by atoms with E-state index in [9.17, 15) is 0 Å². The van der Waals surface area contributed by atoms with E-state index in [4.69, 9.17) is 26.4 Å². The zero-order valence-corrected chi connectivity index (χ0v) is 21.1. The molecule has 2 atom stereocenters. The molecule has 0 bridgehead atoms. The van der Waals surface area contributed by atoms with Crippen molar-refractivity contribution in [3.63, 3.8) is 0 Å². The third-order valence-electron chi connectivity index (χ3n) is 6.83. The lowest BCUT2D eigenvalue weighted by Crippen LogP contribution is -2.29. The number of anilines is 1. The Morgan fingerprint density at radius 3 is 2.64 bits per heavy atom. The van der Waals surface area contributed by atoms with Crippen LogP contribution in [0.3, 0.4) is 0 Å². The molecular weight excluding hydrogens is 472 g/mol. The van der Waals surface area contributed by atoms with Gasteiger partial charge in [0.05, 0.1) is 24.9 Å². The fourth-order valence-electron chi connectivity index (χ4n) is 5.22. The first-order valence-electron chi connectivity index (χ1n) is 11.8. The van der Waals surface area contributed by atoms with Crippen LogP contribution in [0.2, 0.25) is 0 Å². The van der Waals surface area contributed by atoms with Gasteiger partial charge in [-0.05, 0) is 74.1 Å². The first-order chi connectivity index (χ1) is 17.5. The molecule has 4 heterocycles. The highest BCUT2D eigenvalue weighted by Gasteiger charge is 2.42. The molecule has 1 N–H and O–H groups in total. The quantitative estimate of drug-likeness (QED) is 0.370. The van der Waals surface area contributed by atoms with Gasteiger partial charge in [-0.15, -0.1) is 0 Å². The monoisotopic (exact) mass is 498 g/mol. The Balaban J connectivity index is 1.50. The van der Waals surface area contributed by atoms with Crippen molar-refractivity contribution in [2.75, 3.05) is 18.8 Å². The Bertz CT molecular complexity index is 1450. The van der Waals surface area contributed by atoms with Crippen LogP contribution in [0, 0.1) is 13.8 Å². The molecule has 7 nitrogen and oxygen atoms in total. The van der Waals surface area contributed by atoms with Gasteiger partial charge in [-0.3, -0.25) is 4.98 Å². The van der Waals surface area contributed by atoms with Crippen LogP contribution in [-0.4, -0.2) is 28.6 Å². The number of benzene rings is 2. The van der Waals surface area contributed by atoms with Crippen LogP contribution < -0.4 is 24.4 Å². The molecule has 1 saturated heterocycles. The predicted molar refractivity (Wildman–Crippen MR) is 142 cm³/mol. The molecule has 0 unspecified atom stereocenters. The molecule has 182 valence electrons. The summed E-state index contributed by atoms with van der Waals surface area (Å²) in [4.78, 5) is 6.85. The average molecular weight is 499 g/mol. The Hall–Kier alpha value is -4.04. The van der Waals surface area contributed by atoms with Crippen molar-refractivity contribution in [1.82, 2.24) is 14.9 Å². The van der Waals surface area contributed by atoms with Gasteiger partial charge in [0.15, 0.2) is 16.6 Å². The van der Waals surface area contributed by atoms with Crippen LogP contribution in [0.15, 0.2) is 72.9 Å². The largest absolute Gasteiger partial charge is 0.497 e. The van der Waals surface area contributed by atoms with Gasteiger partial charge >= 0.3 is 0 Å². The number of thiocarbonyl (C=S) groups is 1. The number of ether oxygens (including phenoxy) is 3. The van der Waals surface area contributed by atoms with Crippen molar-refractivity contribution in [3.8, 4) is 22.9 Å². The number of fused-ring (bicyclic) bond motifs is 1. The fraction of sp³-hybridized carbons (Fsp3) is 0.214. The van der Waals surface area contributed by atoms with Crippen LogP contribution >= 0.6 is 12.2 Å². The molecule has 0 amide bonds. The summed E-state index contributed by atoms with van der Waals surface area (Å²) in [6.07, 6.45) is 1.82. The Labute approximate surface area is 215 Å². The maximum absolute atomic E-state index is 5.90. The van der Waals surface area contributed by atoms with Crippen LogP contribution in [0.25, 0.3) is 5.69 Å². The minimum atomic E-state index is -0.129. The van der Waals surface area contributed by atoms with Crippen molar-refractivity contribution in [1.29, 1.82) is 0 Å². The van der Waals surface area contributed by atoms with Crippen molar-refractivity contribution in [3.05, 3.63) is 95.6 Å². The van der Waals surface area contributed by atoms with Gasteiger partial charge in [0, 0.05) is 41.1 Å². The number of methoxy groups -OCH3 is 1. The molecule has 4 aromatic rings. The van der Waals surface area contributed by atoms with E-state index in [1.807, 2.05) is 54.7 Å². The molecular formula is C28H26N4O3S. The first-order valence-corrected chi connectivity index (χ1v) is 12.2. The summed E-state index contributed by atoms with van der Waals surface area (Å²) in [6, 6.07) is 22.0. The maximum atomic E-state index is 5.90. The number of aryl methyl sites for hydroxylation is 1. The number of hydrogen-bond donors (Lipinski definition) is 1. The Morgan fingerprint density at radius 2 is 1.83 bits per heavy atom. The third-order valence-corrected chi connectivity index (χ3v) is 7.15. The summed E-state index contributed by atoms with van der Waals surface area (Å²) >= 11 is 5.90. The number of rotatable bonds is 5. The molecule has 2 aliphatic rings. The van der Waals surface area contributed by atoms with Crippen LogP contribution in [-0.2, 0) is 0 Å². The van der Waals surface area contributed by atoms with E-state index in [1.165, 1.54) is 0 Å². The van der Waals surface area contributed by atoms with E-state index in [0.29, 0.717) is 5.11 Å². The topological polar surface area (TPSA) is 60.8 Å². The smallest absolute Gasteiger partial charge is 0.231 e. The molecule has 0 saturated carbocycles. The van der Waals surface area contributed by atoms with E-state index in [-0.39, 0.29) is 18.9 Å². The standard InChI is InChI=1S/C28H26N4O3S/c1-17-13-22(18(2)31(17)20-10-11-24-25(15-20)35-16-34-24)27-26(23-9-4-5-12-29-23)30-28(36)32(27)19-7-6-8-21(14-19)33-3/h4-15,26-27H,16H2,1-3H3,(H,30,36)/t26-,27-/m0/s1. The molecule has 0 radical (unpaired) electrons. The van der Waals surface area contributed by atoms with Gasteiger partial charge in [-0.25, -0.2) is 0 Å². The summed E-state index contributed by atoms with van der Waals surface area (Å²) in [6.45, 7) is 4.51. The minimum absolute atomic E-state index is 0.117. The molecule has 8 heteroatoms. The highest BCUT2D eigenvalue weighted by molar-refractivity contribution is 7.80. The molecule has 36 heavy (non-hydrogen) atoms. The number of aromatic nitrogens is 2.